The summed E-state index contributed by atoms with van der Waals surface area (Å²) >= 11 is 3.83. The molecule has 0 fully saturated rings. The first-order chi connectivity index (χ1) is 25.3. The largest absolute Gasteiger partial charge is 0.457 e. The van der Waals surface area contributed by atoms with E-state index in [0.29, 0.717) is 0 Å². The van der Waals surface area contributed by atoms with Gasteiger partial charge in [0.25, 0.3) is 0 Å². The fourth-order valence-electron chi connectivity index (χ4n) is 9.24. The number of hydrogen-bond donors (Lipinski definition) is 2. The van der Waals surface area contributed by atoms with Crippen LogP contribution in [0.3, 0.4) is 0 Å². The molecule has 6 heteroatoms. The quantitative estimate of drug-likeness (QED) is 0.189. The van der Waals surface area contributed by atoms with Gasteiger partial charge in [-0.2, -0.15) is 0 Å². The van der Waals surface area contributed by atoms with Crippen LogP contribution in [0, 0.1) is 0 Å². The van der Waals surface area contributed by atoms with Gasteiger partial charge in [0.05, 0.1) is 21.3 Å². The minimum Gasteiger partial charge on any atom is -0.457 e. The summed E-state index contributed by atoms with van der Waals surface area (Å²) in [5, 5.41) is 4.97. The number of ether oxygens (including phenoxy) is 2. The van der Waals surface area contributed by atoms with Crippen LogP contribution in [0.15, 0.2) is 121 Å². The number of benzene rings is 5. The predicted molar refractivity (Wildman–Crippen MR) is 209 cm³/mol. The zero-order valence-corrected chi connectivity index (χ0v) is 29.1. The Kier molecular flexibility index (Phi) is 5.66. The molecule has 0 radical (unpaired) electrons. The van der Waals surface area contributed by atoms with Crippen LogP contribution >= 0.6 is 22.7 Å². The Morgan fingerprint density at radius 3 is 2.14 bits per heavy atom. The Morgan fingerprint density at radius 1 is 0.608 bits per heavy atom. The minimum atomic E-state index is -0.635. The van der Waals surface area contributed by atoms with Gasteiger partial charge in [0.1, 0.15) is 23.0 Å². The Morgan fingerprint density at radius 2 is 1.33 bits per heavy atom. The number of fused-ring (bicyclic) bond motifs is 14. The number of aromatic amines is 1. The molecule has 3 aliphatic heterocycles. The Balaban J connectivity index is 1.09. The molecule has 1 atom stereocenters. The van der Waals surface area contributed by atoms with Crippen molar-refractivity contribution in [2.24, 2.45) is 0 Å². The molecule has 4 aliphatic rings. The molecule has 5 aromatic carbocycles. The molecular formula is C45H30N2O2S2. The molecule has 0 saturated heterocycles. The van der Waals surface area contributed by atoms with Crippen LogP contribution in [0.25, 0.3) is 37.0 Å². The van der Waals surface area contributed by atoms with Crippen molar-refractivity contribution in [2.75, 3.05) is 11.9 Å². The van der Waals surface area contributed by atoms with E-state index in [1.807, 2.05) is 28.9 Å². The van der Waals surface area contributed by atoms with Crippen LogP contribution in [0.2, 0.25) is 0 Å². The van der Waals surface area contributed by atoms with E-state index >= 15 is 0 Å². The number of nitrogens with one attached hydrogen (secondary N) is 2. The molecule has 1 unspecified atom stereocenters. The van der Waals surface area contributed by atoms with Gasteiger partial charge >= 0.3 is 0 Å². The molecule has 8 aromatic rings. The number of para-hydroxylation sites is 2. The fraction of sp³-hybridized carbons (Fsp3) is 0.111. The monoisotopic (exact) mass is 694 g/mol. The first-order valence-corrected chi connectivity index (χ1v) is 19.3. The number of aryl methyl sites for hydroxylation is 1. The molecule has 3 aromatic heterocycles. The van der Waals surface area contributed by atoms with Crippen LogP contribution in [0.4, 0.5) is 5.69 Å². The summed E-state index contributed by atoms with van der Waals surface area (Å²) in [5.74, 6) is 3.51. The Bertz CT molecular complexity index is 2800. The predicted octanol–water partition coefficient (Wildman–Crippen LogP) is 12.1. The molecule has 244 valence electrons. The first-order valence-electron chi connectivity index (χ1n) is 17.7. The molecule has 1 spiro atoms. The molecule has 0 bridgehead atoms. The van der Waals surface area contributed by atoms with Gasteiger partial charge in [-0.1, -0.05) is 78.9 Å². The lowest BCUT2D eigenvalue weighted by Crippen LogP contribution is -2.36. The third-order valence-electron chi connectivity index (χ3n) is 11.3. The maximum absolute atomic E-state index is 6.91. The number of anilines is 1. The Labute approximate surface area is 302 Å². The van der Waals surface area contributed by atoms with Crippen molar-refractivity contribution in [1.29, 1.82) is 0 Å². The number of thiophene rings is 2. The first kappa shape index (κ1) is 28.2. The molecular weight excluding hydrogens is 665 g/mol. The fourth-order valence-corrected chi connectivity index (χ4v) is 11.7. The number of hydrogen-bond acceptors (Lipinski definition) is 5. The third-order valence-corrected chi connectivity index (χ3v) is 13.7. The van der Waals surface area contributed by atoms with E-state index in [2.05, 4.69) is 126 Å². The highest BCUT2D eigenvalue weighted by atomic mass is 32.1. The summed E-state index contributed by atoms with van der Waals surface area (Å²) in [6, 6.07) is 39.7. The highest BCUT2D eigenvalue weighted by molar-refractivity contribution is 7.25. The maximum atomic E-state index is 6.91. The van der Waals surface area contributed by atoms with Crippen molar-refractivity contribution in [3.05, 3.63) is 165 Å². The molecule has 4 nitrogen and oxygen atoms in total. The van der Waals surface area contributed by atoms with E-state index in [-0.39, 0.29) is 0 Å². The van der Waals surface area contributed by atoms with Crippen LogP contribution < -0.4 is 14.8 Å². The second-order valence-electron chi connectivity index (χ2n) is 13.9. The summed E-state index contributed by atoms with van der Waals surface area (Å²) < 4.78 is 16.4. The van der Waals surface area contributed by atoms with Gasteiger partial charge in [-0.05, 0) is 71.5 Å². The van der Waals surface area contributed by atoms with Crippen molar-refractivity contribution in [1.82, 2.24) is 4.98 Å². The number of rotatable bonds is 2. The zero-order chi connectivity index (χ0) is 33.3. The van der Waals surface area contributed by atoms with Crippen LogP contribution in [-0.2, 0) is 18.3 Å². The minimum absolute atomic E-state index is 0.635. The standard InChI is InChI=1S/C45H30N2O2S2/c1-3-11-33-29(9-1)45(31-17-15-25(23-35(31)48-33)27-7-5-13-37-41(27)43-39(50-37)19-21-46-43)30-10-2-4-12-34(30)49-36-24-26(16-18-32(36)45)28-8-6-14-38-42(28)44-40(51-38)20-22-47-44/h1-5,7-13,15-19,21,23-24,46-47H,6,14,20,22H2. The van der Waals surface area contributed by atoms with Gasteiger partial charge in [-0.3, -0.25) is 0 Å². The summed E-state index contributed by atoms with van der Waals surface area (Å²) in [4.78, 5) is 6.50. The number of allylic oxidation sites excluding steroid dienone is 1. The summed E-state index contributed by atoms with van der Waals surface area (Å²) in [7, 11) is 0. The van der Waals surface area contributed by atoms with Crippen molar-refractivity contribution < 1.29 is 9.47 Å². The SMILES string of the molecule is C1=C(c2ccc3c(c2)Oc2ccccc2C32c3ccccc3Oc3cc(-c4cccc5sc6cc[nH]c6c45)ccc32)c2c(sc3c2NCC3)CC1. The van der Waals surface area contributed by atoms with E-state index in [1.54, 1.807) is 0 Å². The molecule has 2 N–H and O–H groups in total. The third kappa shape index (κ3) is 3.73. The lowest BCUT2D eigenvalue weighted by Gasteiger charge is -2.45. The molecule has 6 heterocycles. The van der Waals surface area contributed by atoms with Crippen molar-refractivity contribution in [3.63, 3.8) is 0 Å². The van der Waals surface area contributed by atoms with Crippen molar-refractivity contribution >= 4 is 54.2 Å². The molecule has 51 heavy (non-hydrogen) atoms. The van der Waals surface area contributed by atoms with E-state index in [0.717, 1.165) is 76.6 Å². The topological polar surface area (TPSA) is 46.3 Å². The average molecular weight is 695 g/mol. The molecule has 12 rings (SSSR count). The van der Waals surface area contributed by atoms with Gasteiger partial charge in [0.2, 0.25) is 0 Å². The summed E-state index contributed by atoms with van der Waals surface area (Å²) in [6.07, 6.45) is 7.75. The maximum Gasteiger partial charge on any atom is 0.132 e. The molecule has 1 aliphatic carbocycles. The van der Waals surface area contributed by atoms with E-state index < -0.39 is 5.41 Å². The van der Waals surface area contributed by atoms with Gasteiger partial charge in [0, 0.05) is 66.8 Å². The smallest absolute Gasteiger partial charge is 0.132 e. The normalized spacial score (nSPS) is 17.8. The van der Waals surface area contributed by atoms with Gasteiger partial charge in [0.15, 0.2) is 0 Å². The summed E-state index contributed by atoms with van der Waals surface area (Å²) in [6.45, 7) is 1.02. The highest BCUT2D eigenvalue weighted by Gasteiger charge is 2.50. The average Bonchev–Trinajstić information content (AvgIpc) is 3.96. The van der Waals surface area contributed by atoms with E-state index in [4.69, 9.17) is 9.47 Å². The molecule has 0 amide bonds. The van der Waals surface area contributed by atoms with E-state index in [9.17, 15) is 0 Å². The molecule has 0 saturated carbocycles. The lowest BCUT2D eigenvalue weighted by molar-refractivity contribution is 0.399. The number of H-pyrrole nitrogens is 1. The van der Waals surface area contributed by atoms with Crippen molar-refractivity contribution in [3.8, 4) is 34.1 Å². The number of aromatic nitrogens is 1. The van der Waals surface area contributed by atoms with Crippen LogP contribution in [0.1, 0.15) is 49.6 Å². The van der Waals surface area contributed by atoms with Gasteiger partial charge in [-0.25, -0.2) is 0 Å². The van der Waals surface area contributed by atoms with Crippen LogP contribution in [0.5, 0.6) is 23.0 Å². The Hall–Kier alpha value is -5.56. The second-order valence-corrected chi connectivity index (χ2v) is 16.2. The van der Waals surface area contributed by atoms with Gasteiger partial charge < -0.3 is 19.8 Å². The van der Waals surface area contributed by atoms with Crippen molar-refractivity contribution in [2.45, 2.75) is 24.7 Å². The lowest BCUT2D eigenvalue weighted by atomic mass is 9.62. The zero-order valence-electron chi connectivity index (χ0n) is 27.5. The second kappa shape index (κ2) is 10.3. The highest BCUT2D eigenvalue weighted by Crippen LogP contribution is 2.62. The van der Waals surface area contributed by atoms with Crippen LogP contribution in [-0.4, -0.2) is 11.5 Å². The van der Waals surface area contributed by atoms with E-state index in [1.165, 1.54) is 58.0 Å². The summed E-state index contributed by atoms with van der Waals surface area (Å²) in [5.41, 5.74) is 12.7. The van der Waals surface area contributed by atoms with Gasteiger partial charge in [-0.15, -0.1) is 22.7 Å².